The van der Waals surface area contributed by atoms with Crippen molar-refractivity contribution in [1.29, 1.82) is 0 Å². The molecular weight excluding hydrogens is 206 g/mol. The predicted molar refractivity (Wildman–Crippen MR) is 73.8 cm³/mol. The van der Waals surface area contributed by atoms with Crippen LogP contribution in [0.25, 0.3) is 0 Å². The van der Waals surface area contributed by atoms with Crippen molar-refractivity contribution in [3.05, 3.63) is 54.9 Å². The Balaban J connectivity index is 2.75. The van der Waals surface area contributed by atoms with Crippen molar-refractivity contribution in [3.8, 4) is 0 Å². The van der Waals surface area contributed by atoms with Crippen molar-refractivity contribution in [1.82, 2.24) is 0 Å². The van der Waals surface area contributed by atoms with Crippen molar-refractivity contribution >= 4 is 0 Å². The molecule has 1 rings (SSSR count). The summed E-state index contributed by atoms with van der Waals surface area (Å²) in [4.78, 5) is 0. The second-order valence-electron chi connectivity index (χ2n) is 4.32. The fraction of sp³-hybridized carbons (Fsp3) is 0.438. The van der Waals surface area contributed by atoms with Gasteiger partial charge in [-0.05, 0) is 31.4 Å². The quantitative estimate of drug-likeness (QED) is 0.375. The molecule has 0 saturated heterocycles. The maximum atomic E-state index is 3.97. The highest BCUT2D eigenvalue weighted by Crippen LogP contribution is 2.19. The first kappa shape index (κ1) is 13.7. The molecule has 0 bridgehead atoms. The smallest absolute Gasteiger partial charge is 0.195 e. The number of allylic oxidation sites excluding steroid dienone is 3. The van der Waals surface area contributed by atoms with E-state index >= 15 is 0 Å². The molecule has 1 heteroatoms. The Hall–Kier alpha value is -1.37. The summed E-state index contributed by atoms with van der Waals surface area (Å²) in [6, 6.07) is 6.48. The van der Waals surface area contributed by atoms with Crippen molar-refractivity contribution in [2.45, 2.75) is 45.6 Å². The van der Waals surface area contributed by atoms with Gasteiger partial charge in [0.05, 0.1) is 0 Å². The number of rotatable bonds is 7. The molecule has 17 heavy (non-hydrogen) atoms. The van der Waals surface area contributed by atoms with Gasteiger partial charge in [-0.15, -0.1) is 0 Å². The fourth-order valence-corrected chi connectivity index (χ4v) is 2.10. The summed E-state index contributed by atoms with van der Waals surface area (Å²) >= 11 is 0. The van der Waals surface area contributed by atoms with E-state index in [1.807, 2.05) is 12.1 Å². The molecule has 1 nitrogen and oxygen atoms in total. The molecular formula is C16H24N+. The van der Waals surface area contributed by atoms with E-state index in [1.54, 1.807) is 0 Å². The summed E-state index contributed by atoms with van der Waals surface area (Å²) in [7, 11) is 0. The maximum Gasteiger partial charge on any atom is 0.197 e. The Morgan fingerprint density at radius 2 is 1.94 bits per heavy atom. The van der Waals surface area contributed by atoms with Crippen LogP contribution in [0.1, 0.15) is 45.6 Å². The minimum Gasteiger partial charge on any atom is -0.195 e. The molecule has 92 valence electrons. The second-order valence-corrected chi connectivity index (χ2v) is 4.32. The van der Waals surface area contributed by atoms with Gasteiger partial charge in [0.1, 0.15) is 0 Å². The molecule has 0 fully saturated rings. The Morgan fingerprint density at radius 1 is 1.24 bits per heavy atom. The van der Waals surface area contributed by atoms with Crippen LogP contribution in [0, 0.1) is 0 Å². The topological polar surface area (TPSA) is 3.88 Å². The van der Waals surface area contributed by atoms with Gasteiger partial charge >= 0.3 is 0 Å². The molecule has 0 saturated carbocycles. The molecule has 1 unspecified atom stereocenters. The van der Waals surface area contributed by atoms with E-state index in [0.29, 0.717) is 6.04 Å². The van der Waals surface area contributed by atoms with Crippen LogP contribution in [0.3, 0.4) is 0 Å². The summed E-state index contributed by atoms with van der Waals surface area (Å²) in [5, 5.41) is 0. The van der Waals surface area contributed by atoms with Gasteiger partial charge in [-0.1, -0.05) is 38.5 Å². The Morgan fingerprint density at radius 3 is 2.47 bits per heavy atom. The van der Waals surface area contributed by atoms with Crippen LogP contribution >= 0.6 is 0 Å². The van der Waals surface area contributed by atoms with Crippen LogP contribution in [-0.2, 0) is 0 Å². The van der Waals surface area contributed by atoms with Crippen molar-refractivity contribution < 1.29 is 4.57 Å². The molecule has 1 aromatic heterocycles. The minimum absolute atomic E-state index is 0.304. The summed E-state index contributed by atoms with van der Waals surface area (Å²) in [5.41, 5.74) is 1.46. The lowest BCUT2D eigenvalue weighted by Gasteiger charge is -2.12. The highest BCUT2D eigenvalue weighted by atomic mass is 15.0. The largest absolute Gasteiger partial charge is 0.197 e. The maximum absolute atomic E-state index is 3.97. The van der Waals surface area contributed by atoms with Crippen molar-refractivity contribution in [3.63, 3.8) is 0 Å². The Kier molecular flexibility index (Phi) is 6.31. The number of unbranched alkanes of at least 4 members (excludes halogenated alkanes) is 2. The number of nitrogens with zero attached hydrogens (tertiary/aromatic N) is 1. The van der Waals surface area contributed by atoms with Crippen LogP contribution in [0.4, 0.5) is 0 Å². The first-order valence-electron chi connectivity index (χ1n) is 6.56. The number of pyridine rings is 1. The predicted octanol–water partition coefficient (Wildman–Crippen LogP) is 4.23. The zero-order valence-electron chi connectivity index (χ0n) is 11.1. The van der Waals surface area contributed by atoms with E-state index in [1.165, 1.54) is 31.3 Å². The first-order chi connectivity index (χ1) is 8.33. The lowest BCUT2D eigenvalue weighted by Crippen LogP contribution is -2.38. The first-order valence-corrected chi connectivity index (χ1v) is 6.56. The molecule has 0 aliphatic carbocycles. The van der Waals surface area contributed by atoms with Crippen molar-refractivity contribution in [2.75, 3.05) is 0 Å². The van der Waals surface area contributed by atoms with E-state index in [2.05, 4.69) is 55.6 Å². The van der Waals surface area contributed by atoms with Gasteiger partial charge in [-0.25, -0.2) is 0 Å². The molecule has 0 aliphatic heterocycles. The van der Waals surface area contributed by atoms with Crippen LogP contribution in [-0.4, -0.2) is 0 Å². The Labute approximate surface area is 105 Å². The van der Waals surface area contributed by atoms with E-state index < -0.39 is 0 Å². The molecule has 0 aromatic carbocycles. The standard InChI is InChI=1S/C16H24N/c1-4-7-9-12-15(5-2)16(6-3)17-13-10-8-11-14-17/h5-6,8,10-11,13-14,16H,3-4,7,9,12H2,1-2H3/q+1. The zero-order valence-corrected chi connectivity index (χ0v) is 11.1. The molecule has 0 amide bonds. The normalized spacial score (nSPS) is 13.4. The van der Waals surface area contributed by atoms with Gasteiger partial charge in [0.25, 0.3) is 0 Å². The van der Waals surface area contributed by atoms with Crippen LogP contribution in [0.15, 0.2) is 54.9 Å². The summed E-state index contributed by atoms with van der Waals surface area (Å²) in [6.45, 7) is 8.34. The molecule has 1 heterocycles. The van der Waals surface area contributed by atoms with Gasteiger partial charge in [0.15, 0.2) is 18.4 Å². The molecule has 0 spiro atoms. The summed E-state index contributed by atoms with van der Waals surface area (Å²) in [5.74, 6) is 0. The van der Waals surface area contributed by atoms with E-state index in [9.17, 15) is 0 Å². The highest BCUT2D eigenvalue weighted by molar-refractivity contribution is 5.10. The third-order valence-corrected chi connectivity index (χ3v) is 3.10. The van der Waals surface area contributed by atoms with Gasteiger partial charge < -0.3 is 0 Å². The molecule has 0 N–H and O–H groups in total. The van der Waals surface area contributed by atoms with E-state index in [0.717, 1.165) is 0 Å². The Bertz CT molecular complexity index is 351. The summed E-state index contributed by atoms with van der Waals surface area (Å²) in [6.07, 6.45) is 13.5. The fourth-order valence-electron chi connectivity index (χ4n) is 2.10. The van der Waals surface area contributed by atoms with Gasteiger partial charge in [0, 0.05) is 12.1 Å². The number of aromatic nitrogens is 1. The molecule has 1 atom stereocenters. The van der Waals surface area contributed by atoms with Gasteiger partial charge in [-0.2, -0.15) is 4.57 Å². The molecule has 0 aliphatic rings. The van der Waals surface area contributed by atoms with E-state index in [-0.39, 0.29) is 0 Å². The third kappa shape index (κ3) is 4.18. The van der Waals surface area contributed by atoms with Crippen LogP contribution < -0.4 is 4.57 Å². The zero-order chi connectivity index (χ0) is 12.5. The third-order valence-electron chi connectivity index (χ3n) is 3.10. The lowest BCUT2D eigenvalue weighted by atomic mass is 9.99. The summed E-state index contributed by atoms with van der Waals surface area (Å²) < 4.78 is 2.22. The highest BCUT2D eigenvalue weighted by Gasteiger charge is 2.17. The average molecular weight is 230 g/mol. The molecule has 0 radical (unpaired) electrons. The van der Waals surface area contributed by atoms with E-state index in [4.69, 9.17) is 0 Å². The average Bonchev–Trinajstić information content (AvgIpc) is 2.39. The van der Waals surface area contributed by atoms with Crippen LogP contribution in [0.5, 0.6) is 0 Å². The monoisotopic (exact) mass is 230 g/mol. The van der Waals surface area contributed by atoms with Gasteiger partial charge in [-0.3, -0.25) is 0 Å². The molecule has 1 aromatic rings. The number of hydrogen-bond acceptors (Lipinski definition) is 0. The SMILES string of the molecule is C=CC(C(=CC)CCCCC)[n+]1ccccc1. The second kappa shape index (κ2) is 7.83. The number of hydrogen-bond donors (Lipinski definition) is 0. The van der Waals surface area contributed by atoms with Gasteiger partial charge in [0.2, 0.25) is 0 Å². The minimum atomic E-state index is 0.304. The van der Waals surface area contributed by atoms with Crippen molar-refractivity contribution in [2.24, 2.45) is 0 Å². The lowest BCUT2D eigenvalue weighted by molar-refractivity contribution is -0.704. The van der Waals surface area contributed by atoms with Crippen LogP contribution in [0.2, 0.25) is 0 Å².